The van der Waals surface area contributed by atoms with Gasteiger partial charge in [0.2, 0.25) is 0 Å². The normalized spacial score (nSPS) is 12.6. The van der Waals surface area contributed by atoms with Crippen molar-refractivity contribution in [1.29, 1.82) is 0 Å². The van der Waals surface area contributed by atoms with Crippen LogP contribution in [-0.2, 0) is 9.53 Å². The number of unbranched alkanes of at least 4 members (excludes halogenated alkanes) is 1. The summed E-state index contributed by atoms with van der Waals surface area (Å²) in [7, 11) is 1.42. The van der Waals surface area contributed by atoms with Crippen molar-refractivity contribution < 1.29 is 9.53 Å². The van der Waals surface area contributed by atoms with Crippen molar-refractivity contribution in [1.82, 2.24) is 0 Å². The van der Waals surface area contributed by atoms with E-state index in [9.17, 15) is 4.79 Å². The molecule has 1 unspecified atom stereocenters. The second kappa shape index (κ2) is 7.10. The number of hydrogen-bond acceptors (Lipinski definition) is 3. The highest BCUT2D eigenvalue weighted by Crippen LogP contribution is 2.04. The van der Waals surface area contributed by atoms with E-state index in [0.717, 1.165) is 25.7 Å². The molecule has 1 atom stereocenters. The van der Waals surface area contributed by atoms with Crippen LogP contribution in [0.1, 0.15) is 39.0 Å². The average molecular weight is 173 g/mol. The monoisotopic (exact) mass is 173 g/mol. The molecular formula is C9H19NO2. The molecule has 2 N–H and O–H groups in total. The van der Waals surface area contributed by atoms with Gasteiger partial charge in [-0.2, -0.15) is 0 Å². The number of carbonyl (C=O) groups excluding carboxylic acids is 1. The summed E-state index contributed by atoms with van der Waals surface area (Å²) in [6.45, 7) is 2.07. The van der Waals surface area contributed by atoms with Gasteiger partial charge in [0.25, 0.3) is 0 Å². The summed E-state index contributed by atoms with van der Waals surface area (Å²) in [4.78, 5) is 10.7. The maximum absolute atomic E-state index is 10.7. The van der Waals surface area contributed by atoms with Gasteiger partial charge in [0.05, 0.1) is 7.11 Å². The third-order valence-electron chi connectivity index (χ3n) is 1.96. The van der Waals surface area contributed by atoms with E-state index in [2.05, 4.69) is 11.7 Å². The van der Waals surface area contributed by atoms with Crippen molar-refractivity contribution in [3.63, 3.8) is 0 Å². The van der Waals surface area contributed by atoms with Crippen LogP contribution in [-0.4, -0.2) is 19.1 Å². The first-order valence-electron chi connectivity index (χ1n) is 4.53. The minimum absolute atomic E-state index is 0.125. The zero-order valence-electron chi connectivity index (χ0n) is 8.01. The van der Waals surface area contributed by atoms with E-state index in [1.165, 1.54) is 7.11 Å². The summed E-state index contributed by atoms with van der Waals surface area (Å²) in [6.07, 6.45) is 4.45. The number of methoxy groups -OCH3 is 1. The summed E-state index contributed by atoms with van der Waals surface area (Å²) >= 11 is 0. The van der Waals surface area contributed by atoms with Crippen LogP contribution in [0, 0.1) is 0 Å². The van der Waals surface area contributed by atoms with Crippen LogP contribution in [0.5, 0.6) is 0 Å². The summed E-state index contributed by atoms with van der Waals surface area (Å²) in [5, 5.41) is 0. The molecular weight excluding hydrogens is 154 g/mol. The Balaban J connectivity index is 3.15. The van der Waals surface area contributed by atoms with Gasteiger partial charge in [-0.15, -0.1) is 0 Å². The third-order valence-corrected chi connectivity index (χ3v) is 1.96. The van der Waals surface area contributed by atoms with Gasteiger partial charge in [-0.25, -0.2) is 0 Å². The Kier molecular flexibility index (Phi) is 6.76. The second-order valence-corrected chi connectivity index (χ2v) is 2.99. The lowest BCUT2D eigenvalue weighted by atomic mass is 10.1. The molecule has 0 aliphatic rings. The van der Waals surface area contributed by atoms with Crippen LogP contribution in [0.3, 0.4) is 0 Å². The molecule has 0 radical (unpaired) electrons. The van der Waals surface area contributed by atoms with Gasteiger partial charge in [0, 0.05) is 12.5 Å². The molecule has 0 saturated heterocycles. The predicted molar refractivity (Wildman–Crippen MR) is 48.8 cm³/mol. The largest absolute Gasteiger partial charge is 0.469 e. The maximum Gasteiger partial charge on any atom is 0.305 e. The molecule has 72 valence electrons. The molecule has 0 heterocycles. The minimum Gasteiger partial charge on any atom is -0.469 e. The fourth-order valence-electron chi connectivity index (χ4n) is 0.982. The Bertz CT molecular complexity index is 126. The number of carbonyl (C=O) groups is 1. The van der Waals surface area contributed by atoms with Gasteiger partial charge in [-0.05, 0) is 19.3 Å². The molecule has 3 nitrogen and oxygen atoms in total. The molecule has 0 fully saturated rings. The number of nitrogens with two attached hydrogens (primary N) is 1. The Labute approximate surface area is 74.3 Å². The van der Waals surface area contributed by atoms with Crippen LogP contribution in [0.2, 0.25) is 0 Å². The van der Waals surface area contributed by atoms with E-state index in [0.29, 0.717) is 12.5 Å². The lowest BCUT2D eigenvalue weighted by molar-refractivity contribution is -0.140. The Morgan fingerprint density at radius 3 is 2.67 bits per heavy atom. The summed E-state index contributed by atoms with van der Waals surface area (Å²) in [6, 6.07) is 0.294. The van der Waals surface area contributed by atoms with Crippen LogP contribution in [0.25, 0.3) is 0 Å². The minimum atomic E-state index is -0.125. The zero-order chi connectivity index (χ0) is 9.40. The van der Waals surface area contributed by atoms with Gasteiger partial charge in [-0.1, -0.05) is 13.3 Å². The van der Waals surface area contributed by atoms with Gasteiger partial charge >= 0.3 is 5.97 Å². The predicted octanol–water partition coefficient (Wildman–Crippen LogP) is 1.46. The number of ether oxygens (including phenoxy) is 1. The summed E-state index contributed by atoms with van der Waals surface area (Å²) in [5.41, 5.74) is 5.71. The standard InChI is InChI=1S/C9H19NO2/c1-3-8(10)6-4-5-7-9(11)12-2/h8H,3-7,10H2,1-2H3. The summed E-state index contributed by atoms with van der Waals surface area (Å²) < 4.78 is 4.51. The lowest BCUT2D eigenvalue weighted by Gasteiger charge is -2.06. The van der Waals surface area contributed by atoms with Crippen LogP contribution in [0.4, 0.5) is 0 Å². The van der Waals surface area contributed by atoms with Crippen molar-refractivity contribution in [3.8, 4) is 0 Å². The molecule has 0 bridgehead atoms. The number of esters is 1. The van der Waals surface area contributed by atoms with Crippen molar-refractivity contribution in [3.05, 3.63) is 0 Å². The Morgan fingerprint density at radius 2 is 2.17 bits per heavy atom. The SMILES string of the molecule is CCC(N)CCCCC(=O)OC. The number of hydrogen-bond donors (Lipinski definition) is 1. The van der Waals surface area contributed by atoms with Crippen LogP contribution < -0.4 is 5.73 Å². The molecule has 0 rings (SSSR count). The highest BCUT2D eigenvalue weighted by atomic mass is 16.5. The quantitative estimate of drug-likeness (QED) is 0.488. The molecule has 0 aromatic rings. The van der Waals surface area contributed by atoms with E-state index in [1.807, 2.05) is 0 Å². The van der Waals surface area contributed by atoms with E-state index in [1.54, 1.807) is 0 Å². The molecule has 0 aliphatic carbocycles. The molecule has 0 saturated carbocycles. The van der Waals surface area contributed by atoms with Crippen LogP contribution in [0.15, 0.2) is 0 Å². The Hall–Kier alpha value is -0.570. The third kappa shape index (κ3) is 6.16. The highest BCUT2D eigenvalue weighted by Gasteiger charge is 2.01. The fraction of sp³-hybridized carbons (Fsp3) is 0.889. The Morgan fingerprint density at radius 1 is 1.50 bits per heavy atom. The van der Waals surface area contributed by atoms with E-state index in [-0.39, 0.29) is 5.97 Å². The first kappa shape index (κ1) is 11.4. The molecule has 0 aromatic carbocycles. The van der Waals surface area contributed by atoms with Crippen molar-refractivity contribution in [2.75, 3.05) is 7.11 Å². The van der Waals surface area contributed by atoms with E-state index in [4.69, 9.17) is 5.73 Å². The lowest BCUT2D eigenvalue weighted by Crippen LogP contribution is -2.18. The summed E-state index contributed by atoms with van der Waals surface area (Å²) in [5.74, 6) is -0.125. The first-order chi connectivity index (χ1) is 5.70. The van der Waals surface area contributed by atoms with Crippen molar-refractivity contribution in [2.45, 2.75) is 45.1 Å². The molecule has 0 amide bonds. The zero-order valence-corrected chi connectivity index (χ0v) is 8.01. The molecule has 0 spiro atoms. The van der Waals surface area contributed by atoms with E-state index >= 15 is 0 Å². The average Bonchev–Trinajstić information content (AvgIpc) is 2.11. The smallest absolute Gasteiger partial charge is 0.305 e. The van der Waals surface area contributed by atoms with Crippen LogP contribution >= 0.6 is 0 Å². The first-order valence-corrected chi connectivity index (χ1v) is 4.53. The maximum atomic E-state index is 10.7. The highest BCUT2D eigenvalue weighted by molar-refractivity contribution is 5.68. The second-order valence-electron chi connectivity index (χ2n) is 2.99. The molecule has 0 aliphatic heterocycles. The van der Waals surface area contributed by atoms with Crippen molar-refractivity contribution in [2.24, 2.45) is 5.73 Å². The van der Waals surface area contributed by atoms with Gasteiger partial charge in [0.1, 0.15) is 0 Å². The molecule has 12 heavy (non-hydrogen) atoms. The van der Waals surface area contributed by atoms with Gasteiger partial charge < -0.3 is 10.5 Å². The molecule has 3 heteroatoms. The molecule has 0 aromatic heterocycles. The topological polar surface area (TPSA) is 52.3 Å². The van der Waals surface area contributed by atoms with Gasteiger partial charge in [0.15, 0.2) is 0 Å². The van der Waals surface area contributed by atoms with E-state index < -0.39 is 0 Å². The fourth-order valence-corrected chi connectivity index (χ4v) is 0.982. The van der Waals surface area contributed by atoms with Gasteiger partial charge in [-0.3, -0.25) is 4.79 Å². The number of rotatable bonds is 6. The van der Waals surface area contributed by atoms with Crippen molar-refractivity contribution >= 4 is 5.97 Å².